The van der Waals surface area contributed by atoms with Gasteiger partial charge in [-0.3, -0.25) is 0 Å². The van der Waals surface area contributed by atoms with E-state index in [4.69, 9.17) is 0 Å². The van der Waals surface area contributed by atoms with Gasteiger partial charge < -0.3 is 5.32 Å². The minimum Gasteiger partial charge on any atom is -0.314 e. The molecule has 2 fully saturated rings. The van der Waals surface area contributed by atoms with Gasteiger partial charge in [0.1, 0.15) is 0 Å². The van der Waals surface area contributed by atoms with Crippen molar-refractivity contribution in [1.29, 1.82) is 0 Å². The summed E-state index contributed by atoms with van der Waals surface area (Å²) in [5.41, 5.74) is 0. The van der Waals surface area contributed by atoms with E-state index >= 15 is 0 Å². The summed E-state index contributed by atoms with van der Waals surface area (Å²) in [6.07, 6.45) is 14.8. The average molecular weight is 251 g/mol. The summed E-state index contributed by atoms with van der Waals surface area (Å²) in [6.45, 7) is 5.80. The lowest BCUT2D eigenvalue weighted by atomic mass is 9.89. The van der Waals surface area contributed by atoms with E-state index in [1.807, 2.05) is 0 Å². The van der Waals surface area contributed by atoms with E-state index in [1.165, 1.54) is 64.2 Å². The van der Waals surface area contributed by atoms with Crippen LogP contribution in [0.3, 0.4) is 0 Å². The molecule has 0 bridgehead atoms. The minimum atomic E-state index is 0.826. The van der Waals surface area contributed by atoms with Crippen molar-refractivity contribution in [1.82, 2.24) is 5.32 Å². The number of hydrogen-bond donors (Lipinski definition) is 1. The first-order valence-electron chi connectivity index (χ1n) is 8.56. The van der Waals surface area contributed by atoms with E-state index in [9.17, 15) is 0 Å². The monoisotopic (exact) mass is 251 g/mol. The van der Waals surface area contributed by atoms with Crippen molar-refractivity contribution >= 4 is 0 Å². The fourth-order valence-electron chi connectivity index (χ4n) is 4.33. The van der Waals surface area contributed by atoms with Crippen LogP contribution in [0.2, 0.25) is 0 Å². The molecule has 0 aromatic carbocycles. The van der Waals surface area contributed by atoms with Crippen LogP contribution in [0.5, 0.6) is 0 Å². The van der Waals surface area contributed by atoms with Crippen LogP contribution in [0.1, 0.15) is 78.1 Å². The van der Waals surface area contributed by atoms with Gasteiger partial charge >= 0.3 is 0 Å². The molecule has 106 valence electrons. The lowest BCUT2D eigenvalue weighted by Crippen LogP contribution is -2.35. The highest BCUT2D eigenvalue weighted by Crippen LogP contribution is 2.37. The highest BCUT2D eigenvalue weighted by Gasteiger charge is 2.30. The van der Waals surface area contributed by atoms with Crippen LogP contribution >= 0.6 is 0 Å². The third-order valence-corrected chi connectivity index (χ3v) is 5.56. The number of rotatable bonds is 7. The second-order valence-electron chi connectivity index (χ2n) is 6.74. The van der Waals surface area contributed by atoms with Gasteiger partial charge in [-0.15, -0.1) is 0 Å². The van der Waals surface area contributed by atoms with E-state index in [2.05, 4.69) is 19.2 Å². The predicted octanol–water partition coefficient (Wildman–Crippen LogP) is 4.76. The van der Waals surface area contributed by atoms with E-state index in [0.29, 0.717) is 0 Å². The maximum atomic E-state index is 3.79. The lowest BCUT2D eigenvalue weighted by molar-refractivity contribution is 0.308. The van der Waals surface area contributed by atoms with Crippen LogP contribution < -0.4 is 5.32 Å². The summed E-state index contributed by atoms with van der Waals surface area (Å²) < 4.78 is 0. The Morgan fingerprint density at radius 2 is 1.78 bits per heavy atom. The molecule has 3 unspecified atom stereocenters. The molecule has 1 nitrogen and oxygen atoms in total. The maximum absolute atomic E-state index is 3.79. The summed E-state index contributed by atoms with van der Waals surface area (Å²) in [6, 6.07) is 0.826. The Morgan fingerprint density at radius 3 is 2.39 bits per heavy atom. The summed E-state index contributed by atoms with van der Waals surface area (Å²) in [5, 5.41) is 3.79. The van der Waals surface area contributed by atoms with Crippen LogP contribution in [-0.4, -0.2) is 12.6 Å². The molecule has 3 atom stereocenters. The highest BCUT2D eigenvalue weighted by atomic mass is 14.9. The molecular weight excluding hydrogens is 218 g/mol. The van der Waals surface area contributed by atoms with E-state index in [-0.39, 0.29) is 0 Å². The van der Waals surface area contributed by atoms with Gasteiger partial charge in [0.2, 0.25) is 0 Å². The van der Waals surface area contributed by atoms with Gasteiger partial charge in [-0.05, 0) is 50.0 Å². The van der Waals surface area contributed by atoms with Crippen molar-refractivity contribution in [3.63, 3.8) is 0 Å². The Morgan fingerprint density at radius 1 is 1.00 bits per heavy atom. The van der Waals surface area contributed by atoms with Crippen LogP contribution in [0.4, 0.5) is 0 Å². The summed E-state index contributed by atoms with van der Waals surface area (Å²) in [5.74, 6) is 3.08. The molecule has 0 amide bonds. The quantitative estimate of drug-likeness (QED) is 0.688. The SMILES string of the molecule is CCNC(CCC1CCCC1)C1CCC(CC)C1. The predicted molar refractivity (Wildman–Crippen MR) is 79.8 cm³/mol. The second-order valence-corrected chi connectivity index (χ2v) is 6.74. The van der Waals surface area contributed by atoms with Gasteiger partial charge in [0.25, 0.3) is 0 Å². The van der Waals surface area contributed by atoms with E-state index < -0.39 is 0 Å². The summed E-state index contributed by atoms with van der Waals surface area (Å²) >= 11 is 0. The third kappa shape index (κ3) is 3.98. The van der Waals surface area contributed by atoms with Gasteiger partial charge in [-0.2, -0.15) is 0 Å². The normalized spacial score (nSPS) is 31.0. The van der Waals surface area contributed by atoms with Crippen LogP contribution in [0, 0.1) is 17.8 Å². The molecule has 2 rings (SSSR count). The van der Waals surface area contributed by atoms with Crippen LogP contribution in [0.15, 0.2) is 0 Å². The van der Waals surface area contributed by atoms with E-state index in [1.54, 1.807) is 0 Å². The van der Waals surface area contributed by atoms with Gasteiger partial charge in [0.05, 0.1) is 0 Å². The molecule has 0 saturated heterocycles. The van der Waals surface area contributed by atoms with Gasteiger partial charge in [-0.1, -0.05) is 52.4 Å². The molecule has 1 N–H and O–H groups in total. The molecule has 18 heavy (non-hydrogen) atoms. The smallest absolute Gasteiger partial charge is 0.00954 e. The van der Waals surface area contributed by atoms with E-state index in [0.717, 1.165) is 30.3 Å². The van der Waals surface area contributed by atoms with Gasteiger partial charge in [0, 0.05) is 6.04 Å². The molecule has 2 aliphatic rings. The lowest BCUT2D eigenvalue weighted by Gasteiger charge is -2.26. The maximum Gasteiger partial charge on any atom is 0.00954 e. The van der Waals surface area contributed by atoms with Crippen molar-refractivity contribution < 1.29 is 0 Å². The Hall–Kier alpha value is -0.0400. The fraction of sp³-hybridized carbons (Fsp3) is 1.00. The fourth-order valence-corrected chi connectivity index (χ4v) is 4.33. The minimum absolute atomic E-state index is 0.826. The first-order chi connectivity index (χ1) is 8.83. The molecule has 1 heteroatoms. The zero-order valence-electron chi connectivity index (χ0n) is 12.6. The molecule has 0 aromatic heterocycles. The topological polar surface area (TPSA) is 12.0 Å². The first-order valence-corrected chi connectivity index (χ1v) is 8.56. The Kier molecular flexibility index (Phi) is 6.01. The third-order valence-electron chi connectivity index (χ3n) is 5.56. The van der Waals surface area contributed by atoms with Crippen molar-refractivity contribution in [2.75, 3.05) is 6.54 Å². The Labute approximate surface area is 114 Å². The first kappa shape index (κ1) is 14.4. The van der Waals surface area contributed by atoms with Crippen molar-refractivity contribution in [2.45, 2.75) is 84.1 Å². The van der Waals surface area contributed by atoms with Gasteiger partial charge in [-0.25, -0.2) is 0 Å². The molecule has 0 aromatic rings. The molecule has 2 aliphatic carbocycles. The standard InChI is InChI=1S/C17H33N/c1-3-14-9-11-16(13-14)17(18-4-2)12-10-15-7-5-6-8-15/h14-18H,3-13H2,1-2H3. The molecular formula is C17H33N. The Bertz CT molecular complexity index is 220. The molecule has 0 heterocycles. The molecule has 0 aliphatic heterocycles. The highest BCUT2D eigenvalue weighted by molar-refractivity contribution is 4.85. The Balaban J connectivity index is 1.75. The zero-order chi connectivity index (χ0) is 12.8. The molecule has 0 spiro atoms. The average Bonchev–Trinajstić information content (AvgIpc) is 3.05. The second kappa shape index (κ2) is 7.53. The molecule has 2 saturated carbocycles. The van der Waals surface area contributed by atoms with Crippen LogP contribution in [0.25, 0.3) is 0 Å². The van der Waals surface area contributed by atoms with Gasteiger partial charge in [0.15, 0.2) is 0 Å². The summed E-state index contributed by atoms with van der Waals surface area (Å²) in [7, 11) is 0. The number of hydrogen-bond acceptors (Lipinski definition) is 1. The van der Waals surface area contributed by atoms with Crippen molar-refractivity contribution in [2.24, 2.45) is 17.8 Å². The zero-order valence-corrected chi connectivity index (χ0v) is 12.6. The van der Waals surface area contributed by atoms with Crippen molar-refractivity contribution in [3.8, 4) is 0 Å². The van der Waals surface area contributed by atoms with Crippen LogP contribution in [-0.2, 0) is 0 Å². The summed E-state index contributed by atoms with van der Waals surface area (Å²) in [4.78, 5) is 0. The molecule has 0 radical (unpaired) electrons. The van der Waals surface area contributed by atoms with Crippen molar-refractivity contribution in [3.05, 3.63) is 0 Å². The number of nitrogens with one attached hydrogen (secondary N) is 1. The largest absolute Gasteiger partial charge is 0.314 e.